The first-order valence-corrected chi connectivity index (χ1v) is 7.60. The van der Waals surface area contributed by atoms with Gasteiger partial charge in [-0.3, -0.25) is 4.40 Å². The molecule has 2 aromatic rings. The van der Waals surface area contributed by atoms with E-state index >= 15 is 0 Å². The third kappa shape index (κ3) is 1.23. The van der Waals surface area contributed by atoms with E-state index in [0.29, 0.717) is 11.8 Å². The number of aromatic nitrogens is 2. The number of hydrogen-bond acceptors (Lipinski definition) is 2. The molecule has 0 fully saturated rings. The molecule has 0 saturated carbocycles. The maximum Gasteiger partial charge on any atom is 0.194 e. The fraction of sp³-hybridized carbons (Fsp3) is 0.643. The molecule has 0 spiro atoms. The van der Waals surface area contributed by atoms with Gasteiger partial charge in [0.2, 0.25) is 0 Å². The van der Waals surface area contributed by atoms with E-state index in [1.165, 1.54) is 48.5 Å². The van der Waals surface area contributed by atoms with Crippen LogP contribution in [0.5, 0.6) is 0 Å². The molecule has 90 valence electrons. The lowest BCUT2D eigenvalue weighted by Crippen LogP contribution is -2.12. The van der Waals surface area contributed by atoms with Gasteiger partial charge < -0.3 is 0 Å². The van der Waals surface area contributed by atoms with Crippen LogP contribution in [0.15, 0.2) is 0 Å². The van der Waals surface area contributed by atoms with Crippen LogP contribution in [0.1, 0.15) is 66.9 Å². The minimum absolute atomic E-state index is 0.658. The van der Waals surface area contributed by atoms with Crippen molar-refractivity contribution < 1.29 is 0 Å². The van der Waals surface area contributed by atoms with E-state index in [4.69, 9.17) is 4.98 Å². The zero-order chi connectivity index (χ0) is 11.6. The maximum absolute atomic E-state index is 4.93. The van der Waals surface area contributed by atoms with Gasteiger partial charge in [0.15, 0.2) is 4.96 Å². The fourth-order valence-corrected chi connectivity index (χ4v) is 4.74. The molecular formula is C14H18N2S. The summed E-state index contributed by atoms with van der Waals surface area (Å²) in [6.45, 7) is 4.71. The molecule has 0 amide bonds. The summed E-state index contributed by atoms with van der Waals surface area (Å²) in [5.41, 5.74) is 4.52. The molecule has 0 aromatic carbocycles. The molecule has 0 saturated heterocycles. The normalized spacial score (nSPS) is 27.4. The second kappa shape index (κ2) is 3.35. The number of rotatable bonds is 0. The lowest BCUT2D eigenvalue weighted by atomic mass is 9.85. The van der Waals surface area contributed by atoms with Crippen molar-refractivity contribution in [2.45, 2.75) is 57.8 Å². The quantitative estimate of drug-likeness (QED) is 0.689. The topological polar surface area (TPSA) is 17.3 Å². The average molecular weight is 246 g/mol. The Hall–Kier alpha value is -0.830. The number of thiazole rings is 1. The summed E-state index contributed by atoms with van der Waals surface area (Å²) in [5.74, 6) is 1.35. The number of nitrogens with zero attached hydrogens (tertiary/aromatic N) is 2. The summed E-state index contributed by atoms with van der Waals surface area (Å²) in [7, 11) is 0. The van der Waals surface area contributed by atoms with Gasteiger partial charge in [-0.2, -0.15) is 0 Å². The van der Waals surface area contributed by atoms with E-state index < -0.39 is 0 Å². The van der Waals surface area contributed by atoms with Crippen LogP contribution in [-0.2, 0) is 12.8 Å². The lowest BCUT2D eigenvalue weighted by Gasteiger charge is -2.23. The SMILES string of the molecule is CC1CCC(C)c2c1nc1sc3c(n21)CCC3. The van der Waals surface area contributed by atoms with E-state index in [1.54, 1.807) is 10.6 Å². The highest BCUT2D eigenvalue weighted by Gasteiger charge is 2.30. The predicted molar refractivity (Wildman–Crippen MR) is 71.2 cm³/mol. The van der Waals surface area contributed by atoms with E-state index in [9.17, 15) is 0 Å². The van der Waals surface area contributed by atoms with Crippen molar-refractivity contribution in [3.63, 3.8) is 0 Å². The van der Waals surface area contributed by atoms with E-state index in [-0.39, 0.29) is 0 Å². The predicted octanol–water partition coefficient (Wildman–Crippen LogP) is 3.89. The van der Waals surface area contributed by atoms with Gasteiger partial charge >= 0.3 is 0 Å². The van der Waals surface area contributed by atoms with Gasteiger partial charge in [-0.25, -0.2) is 4.98 Å². The standard InChI is InChI=1S/C14H18N2S/c1-8-6-7-9(2)13-12(8)15-14-16(13)10-4-3-5-11(10)17-14/h8-9H,3-7H2,1-2H3. The Morgan fingerprint density at radius 3 is 2.88 bits per heavy atom. The van der Waals surface area contributed by atoms with Gasteiger partial charge in [-0.1, -0.05) is 13.8 Å². The second-order valence-electron chi connectivity index (χ2n) is 5.71. The Labute approximate surface area is 106 Å². The van der Waals surface area contributed by atoms with Gasteiger partial charge in [0.05, 0.1) is 5.69 Å². The Kier molecular flexibility index (Phi) is 1.99. The first-order valence-electron chi connectivity index (χ1n) is 6.78. The molecule has 0 bridgehead atoms. The van der Waals surface area contributed by atoms with Gasteiger partial charge in [0, 0.05) is 22.2 Å². The smallest absolute Gasteiger partial charge is 0.194 e. The van der Waals surface area contributed by atoms with Gasteiger partial charge in [-0.05, 0) is 38.0 Å². The number of fused-ring (bicyclic) bond motifs is 5. The van der Waals surface area contributed by atoms with Crippen molar-refractivity contribution in [3.8, 4) is 0 Å². The minimum Gasteiger partial charge on any atom is -0.291 e. The largest absolute Gasteiger partial charge is 0.291 e. The third-order valence-corrected chi connectivity index (χ3v) is 5.64. The van der Waals surface area contributed by atoms with Crippen molar-refractivity contribution in [3.05, 3.63) is 22.0 Å². The highest BCUT2D eigenvalue weighted by Crippen LogP contribution is 2.42. The van der Waals surface area contributed by atoms with Crippen LogP contribution in [0, 0.1) is 0 Å². The van der Waals surface area contributed by atoms with Crippen LogP contribution in [-0.4, -0.2) is 9.38 Å². The van der Waals surface area contributed by atoms with Crippen molar-refractivity contribution in [2.24, 2.45) is 0 Å². The molecule has 2 aliphatic carbocycles. The van der Waals surface area contributed by atoms with Gasteiger partial charge in [-0.15, -0.1) is 11.3 Å². The molecule has 0 radical (unpaired) electrons. The molecule has 2 aromatic heterocycles. The molecule has 2 heterocycles. The molecule has 2 unspecified atom stereocenters. The third-order valence-electron chi connectivity index (χ3n) is 4.50. The van der Waals surface area contributed by atoms with Crippen LogP contribution in [0.4, 0.5) is 0 Å². The van der Waals surface area contributed by atoms with Crippen LogP contribution in [0.3, 0.4) is 0 Å². The highest BCUT2D eigenvalue weighted by molar-refractivity contribution is 7.17. The number of aryl methyl sites for hydroxylation is 2. The van der Waals surface area contributed by atoms with Crippen molar-refractivity contribution in [1.82, 2.24) is 9.38 Å². The van der Waals surface area contributed by atoms with Crippen molar-refractivity contribution in [2.75, 3.05) is 0 Å². The zero-order valence-electron chi connectivity index (χ0n) is 10.5. The zero-order valence-corrected chi connectivity index (χ0v) is 11.3. The summed E-state index contributed by atoms with van der Waals surface area (Å²) < 4.78 is 2.52. The second-order valence-corrected chi connectivity index (χ2v) is 6.77. The first kappa shape index (κ1) is 10.1. The monoisotopic (exact) mass is 246 g/mol. The maximum atomic E-state index is 4.93. The number of hydrogen-bond donors (Lipinski definition) is 0. The lowest BCUT2D eigenvalue weighted by molar-refractivity contribution is 0.507. The molecule has 3 heteroatoms. The first-order chi connectivity index (χ1) is 8.25. The molecule has 0 N–H and O–H groups in total. The molecule has 2 nitrogen and oxygen atoms in total. The van der Waals surface area contributed by atoms with Crippen LogP contribution < -0.4 is 0 Å². The van der Waals surface area contributed by atoms with Crippen LogP contribution in [0.25, 0.3) is 4.96 Å². The number of imidazole rings is 1. The van der Waals surface area contributed by atoms with Crippen molar-refractivity contribution >= 4 is 16.3 Å². The summed E-state index contributed by atoms with van der Waals surface area (Å²) in [4.78, 5) is 7.79. The van der Waals surface area contributed by atoms with Gasteiger partial charge in [0.1, 0.15) is 0 Å². The van der Waals surface area contributed by atoms with Gasteiger partial charge in [0.25, 0.3) is 0 Å². The Morgan fingerprint density at radius 1 is 1.18 bits per heavy atom. The molecule has 0 aliphatic heterocycles. The Bertz CT molecular complexity index is 593. The summed E-state index contributed by atoms with van der Waals surface area (Å²) in [6, 6.07) is 0. The average Bonchev–Trinajstić information content (AvgIpc) is 2.92. The molecule has 17 heavy (non-hydrogen) atoms. The van der Waals surface area contributed by atoms with E-state index in [1.807, 2.05) is 11.3 Å². The van der Waals surface area contributed by atoms with E-state index in [0.717, 1.165) is 0 Å². The highest BCUT2D eigenvalue weighted by atomic mass is 32.1. The molecular weight excluding hydrogens is 228 g/mol. The molecule has 2 atom stereocenters. The van der Waals surface area contributed by atoms with Crippen LogP contribution in [0.2, 0.25) is 0 Å². The summed E-state index contributed by atoms with van der Waals surface area (Å²) >= 11 is 1.94. The van der Waals surface area contributed by atoms with E-state index in [2.05, 4.69) is 18.2 Å². The Morgan fingerprint density at radius 2 is 2.00 bits per heavy atom. The van der Waals surface area contributed by atoms with Crippen molar-refractivity contribution in [1.29, 1.82) is 0 Å². The fourth-order valence-electron chi connectivity index (χ4n) is 3.52. The Balaban J connectivity index is 2.05. The summed E-state index contributed by atoms with van der Waals surface area (Å²) in [6.07, 6.45) is 6.52. The molecule has 4 rings (SSSR count). The minimum atomic E-state index is 0.658. The molecule has 2 aliphatic rings. The summed E-state index contributed by atoms with van der Waals surface area (Å²) in [5, 5.41) is 0. The van der Waals surface area contributed by atoms with Crippen LogP contribution >= 0.6 is 11.3 Å².